The summed E-state index contributed by atoms with van der Waals surface area (Å²) in [6, 6.07) is -0.920. The van der Waals surface area contributed by atoms with Crippen molar-refractivity contribution in [3.63, 3.8) is 0 Å². The predicted molar refractivity (Wildman–Crippen MR) is 332 cm³/mol. The largest absolute Gasteiger partial charge is 0.394 e. The summed E-state index contributed by atoms with van der Waals surface area (Å²) >= 11 is 0. The van der Waals surface area contributed by atoms with Gasteiger partial charge in [-0.1, -0.05) is 239 Å². The number of aliphatic hydroxyl groups is 8. The molecule has 0 aliphatic carbocycles. The number of carbonyl (C=O) groups excluding carboxylic acids is 1. The van der Waals surface area contributed by atoms with Gasteiger partial charge < -0.3 is 65.1 Å². The van der Waals surface area contributed by atoms with E-state index >= 15 is 0 Å². The second kappa shape index (κ2) is 52.0. The molecule has 0 spiro atoms. The third-order valence-corrected chi connectivity index (χ3v) is 15.0. The Labute approximate surface area is 495 Å². The fourth-order valence-corrected chi connectivity index (χ4v) is 9.84. The normalized spacial score (nSPS) is 24.7. The third kappa shape index (κ3) is 36.5. The lowest BCUT2D eigenvalue weighted by Gasteiger charge is -2.46. The molecular formula is C68H115NO13. The number of amides is 1. The number of carbonyl (C=O) groups is 1. The zero-order chi connectivity index (χ0) is 59.5. The van der Waals surface area contributed by atoms with Crippen LogP contribution in [0, 0.1) is 0 Å². The molecule has 0 aromatic heterocycles. The molecule has 0 saturated carbocycles. The number of hydrogen-bond acceptors (Lipinski definition) is 13. The second-order valence-corrected chi connectivity index (χ2v) is 22.2. The van der Waals surface area contributed by atoms with Crippen molar-refractivity contribution in [1.29, 1.82) is 0 Å². The number of nitrogens with one attached hydrogen (secondary N) is 1. The molecule has 2 rings (SSSR count). The molecule has 82 heavy (non-hydrogen) atoms. The summed E-state index contributed by atoms with van der Waals surface area (Å²) in [6.07, 6.45) is 57.2. The van der Waals surface area contributed by atoms with Gasteiger partial charge in [-0.25, -0.2) is 0 Å². The van der Waals surface area contributed by atoms with Gasteiger partial charge in [0.1, 0.15) is 48.8 Å². The minimum atomic E-state index is -1.79. The van der Waals surface area contributed by atoms with Crippen molar-refractivity contribution in [3.05, 3.63) is 109 Å². The van der Waals surface area contributed by atoms with Gasteiger partial charge >= 0.3 is 0 Å². The molecule has 2 saturated heterocycles. The topological polar surface area (TPSA) is 228 Å². The van der Waals surface area contributed by atoms with Crippen LogP contribution in [0.25, 0.3) is 0 Å². The molecule has 0 radical (unpaired) electrons. The fraction of sp³-hybridized carbons (Fsp3) is 0.721. The SMILES string of the molecule is CC/C=C\C/C=C\C/C=C\C/C=C\C/C=C\C/C=C\C/C=C\C/C=C\CCCCCCCCCCCCCCC(=O)NC(COC1OC(CO)C(OC2OC(CO)C(O)C(O)C2O)C(O)C1O)C(O)/C=C/CCCCCCCCCCC. The van der Waals surface area contributed by atoms with Crippen molar-refractivity contribution in [1.82, 2.24) is 5.32 Å². The lowest BCUT2D eigenvalue weighted by molar-refractivity contribution is -0.359. The van der Waals surface area contributed by atoms with E-state index in [2.05, 4.69) is 116 Å². The van der Waals surface area contributed by atoms with Crippen LogP contribution < -0.4 is 5.32 Å². The van der Waals surface area contributed by atoms with E-state index in [0.717, 1.165) is 96.3 Å². The van der Waals surface area contributed by atoms with Crippen molar-refractivity contribution in [2.75, 3.05) is 19.8 Å². The minimum absolute atomic E-state index is 0.247. The van der Waals surface area contributed by atoms with Gasteiger partial charge in [0, 0.05) is 6.42 Å². The number of hydrogen-bond donors (Lipinski definition) is 9. The summed E-state index contributed by atoms with van der Waals surface area (Å²) < 4.78 is 22.7. The minimum Gasteiger partial charge on any atom is -0.394 e. The molecular weight excluding hydrogens is 1040 g/mol. The van der Waals surface area contributed by atoms with Crippen LogP contribution in [-0.4, -0.2) is 140 Å². The van der Waals surface area contributed by atoms with Crippen LogP contribution in [0.3, 0.4) is 0 Å². The number of allylic oxidation sites excluding steroid dienone is 17. The Morgan fingerprint density at radius 3 is 1.29 bits per heavy atom. The van der Waals surface area contributed by atoms with Crippen molar-refractivity contribution < 1.29 is 64.6 Å². The molecule has 14 heteroatoms. The molecule has 1 amide bonds. The summed E-state index contributed by atoms with van der Waals surface area (Å²) in [5.41, 5.74) is 0. The number of aliphatic hydroxyl groups excluding tert-OH is 8. The highest BCUT2D eigenvalue weighted by Gasteiger charge is 2.51. The lowest BCUT2D eigenvalue weighted by atomic mass is 9.97. The van der Waals surface area contributed by atoms with E-state index < -0.39 is 86.8 Å². The first-order valence-corrected chi connectivity index (χ1v) is 32.1. The van der Waals surface area contributed by atoms with E-state index in [1.807, 2.05) is 6.08 Å². The maximum atomic E-state index is 13.2. The lowest BCUT2D eigenvalue weighted by Crippen LogP contribution is -2.65. The first-order chi connectivity index (χ1) is 40.1. The smallest absolute Gasteiger partial charge is 0.220 e. The Morgan fingerprint density at radius 2 is 0.841 bits per heavy atom. The van der Waals surface area contributed by atoms with Gasteiger partial charge in [-0.2, -0.15) is 0 Å². The van der Waals surface area contributed by atoms with Gasteiger partial charge in [-0.15, -0.1) is 0 Å². The number of rotatable bonds is 50. The van der Waals surface area contributed by atoms with Crippen LogP contribution in [0.1, 0.15) is 219 Å². The summed E-state index contributed by atoms with van der Waals surface area (Å²) in [4.78, 5) is 13.2. The monoisotopic (exact) mass is 1150 g/mol. The zero-order valence-electron chi connectivity index (χ0n) is 50.7. The standard InChI is InChI=1S/C68H115NO13/c1-3-5-7-9-11-13-15-16-17-18-19-20-21-22-23-24-25-26-27-28-29-30-31-32-33-34-35-36-37-38-39-40-42-44-46-48-50-52-60(73)69-56(57(72)51-49-47-45-43-41-14-12-10-8-6-4-2)55-79-67-65(78)63(76)66(59(54-71)81-67)82-68-64(77)62(75)61(74)58(53-70)80-68/h5,7,11,13,16-17,19-20,22-23,25-26,28-29,31-32,49,51,56-59,61-68,70-72,74-78H,3-4,6,8-10,12,14-15,18,21,24,27,30,33-48,50,52-55H2,1-2H3,(H,69,73)/b7-5-,13-11-,17-16-,20-19-,23-22-,26-25-,29-28-,32-31-,51-49+. The predicted octanol–water partition coefficient (Wildman–Crippen LogP) is 12.0. The molecule has 470 valence electrons. The van der Waals surface area contributed by atoms with Crippen LogP contribution in [-0.2, 0) is 23.7 Å². The van der Waals surface area contributed by atoms with Crippen molar-refractivity contribution in [3.8, 4) is 0 Å². The van der Waals surface area contributed by atoms with Crippen molar-refractivity contribution in [2.45, 2.75) is 293 Å². The van der Waals surface area contributed by atoms with E-state index in [-0.39, 0.29) is 18.9 Å². The number of ether oxygens (including phenoxy) is 4. The highest BCUT2D eigenvalue weighted by Crippen LogP contribution is 2.30. The summed E-state index contributed by atoms with van der Waals surface area (Å²) in [7, 11) is 0. The molecule has 2 aliphatic heterocycles. The van der Waals surface area contributed by atoms with E-state index in [9.17, 15) is 45.6 Å². The Bertz CT molecular complexity index is 1790. The van der Waals surface area contributed by atoms with Crippen molar-refractivity contribution >= 4 is 5.91 Å². The molecule has 12 atom stereocenters. The fourth-order valence-electron chi connectivity index (χ4n) is 9.84. The van der Waals surface area contributed by atoms with Crippen LogP contribution in [0.15, 0.2) is 109 Å². The van der Waals surface area contributed by atoms with Crippen LogP contribution in [0.4, 0.5) is 0 Å². The second-order valence-electron chi connectivity index (χ2n) is 22.2. The average molecular weight is 1150 g/mol. The summed E-state index contributed by atoms with van der Waals surface area (Å²) in [6.45, 7) is 2.65. The Morgan fingerprint density at radius 1 is 0.451 bits per heavy atom. The molecule has 14 nitrogen and oxygen atoms in total. The van der Waals surface area contributed by atoms with Crippen LogP contribution >= 0.6 is 0 Å². The Kier molecular flexibility index (Phi) is 47.4. The number of unbranched alkanes of at least 4 members (excludes halogenated alkanes) is 21. The van der Waals surface area contributed by atoms with Gasteiger partial charge in [0.25, 0.3) is 0 Å². The maximum absolute atomic E-state index is 13.2. The van der Waals surface area contributed by atoms with Gasteiger partial charge in [0.15, 0.2) is 12.6 Å². The average Bonchev–Trinajstić information content (AvgIpc) is 3.22. The molecule has 2 heterocycles. The molecule has 0 bridgehead atoms. The van der Waals surface area contributed by atoms with Gasteiger partial charge in [0.05, 0.1) is 32.0 Å². The van der Waals surface area contributed by atoms with Crippen LogP contribution in [0.5, 0.6) is 0 Å². The first kappa shape index (κ1) is 74.7. The van der Waals surface area contributed by atoms with Gasteiger partial charge in [0.2, 0.25) is 5.91 Å². The maximum Gasteiger partial charge on any atom is 0.220 e. The zero-order valence-corrected chi connectivity index (χ0v) is 50.7. The highest BCUT2D eigenvalue weighted by molar-refractivity contribution is 5.76. The van der Waals surface area contributed by atoms with E-state index in [0.29, 0.717) is 6.42 Å². The van der Waals surface area contributed by atoms with Gasteiger partial charge in [-0.3, -0.25) is 4.79 Å². The first-order valence-electron chi connectivity index (χ1n) is 32.1. The van der Waals surface area contributed by atoms with Crippen LogP contribution in [0.2, 0.25) is 0 Å². The summed E-state index contributed by atoms with van der Waals surface area (Å²) in [5, 5.41) is 87.0. The summed E-state index contributed by atoms with van der Waals surface area (Å²) in [5.74, 6) is -0.247. The molecule has 2 fully saturated rings. The quantitative estimate of drug-likeness (QED) is 0.0204. The molecule has 2 aliphatic rings. The van der Waals surface area contributed by atoms with Crippen molar-refractivity contribution in [2.24, 2.45) is 0 Å². The highest BCUT2D eigenvalue weighted by atomic mass is 16.7. The third-order valence-electron chi connectivity index (χ3n) is 15.0. The van der Waals surface area contributed by atoms with E-state index in [4.69, 9.17) is 18.9 Å². The van der Waals surface area contributed by atoms with Gasteiger partial charge in [-0.05, 0) is 83.5 Å². The molecule has 0 aromatic carbocycles. The molecule has 12 unspecified atom stereocenters. The Balaban J connectivity index is 1.61. The van der Waals surface area contributed by atoms with E-state index in [1.54, 1.807) is 6.08 Å². The molecule has 9 N–H and O–H groups in total. The molecule has 0 aromatic rings. The Hall–Kier alpha value is -3.35. The van der Waals surface area contributed by atoms with E-state index in [1.165, 1.54) is 96.3 Å².